The van der Waals surface area contributed by atoms with Crippen LogP contribution in [0.4, 0.5) is 0 Å². The van der Waals surface area contributed by atoms with E-state index in [1.807, 2.05) is 0 Å². The molecule has 16 nitrogen and oxygen atoms in total. The average molecular weight is 1190 g/mol. The lowest BCUT2D eigenvalue weighted by molar-refractivity contribution is -0.345. The van der Waals surface area contributed by atoms with Crippen molar-refractivity contribution in [1.82, 2.24) is 5.32 Å². The fraction of sp³-hybridized carbons (Fsp3) is 0.576. The highest BCUT2D eigenvalue weighted by molar-refractivity contribution is 6.77. The van der Waals surface area contributed by atoms with Crippen molar-refractivity contribution in [1.29, 1.82) is 0 Å². The number of allylic oxidation sites excluding steroid dienone is 1. The third-order valence-electron chi connectivity index (χ3n) is 19.9. The van der Waals surface area contributed by atoms with Crippen LogP contribution in [0.2, 0.25) is 34.8 Å². The maximum Gasteiger partial charge on any atom is 0.338 e. The fourth-order valence-electron chi connectivity index (χ4n) is 15.1. The third-order valence-corrected chi connectivity index (χ3v) is 30.6. The molecule has 11 atom stereocenters. The Labute approximate surface area is 498 Å². The second-order valence-corrected chi connectivity index (χ2v) is 35.6. The van der Waals surface area contributed by atoms with Gasteiger partial charge in [0.05, 0.1) is 35.6 Å². The number of rotatable bonds is 15. The molecule has 18 heteroatoms. The number of amides is 1. The van der Waals surface area contributed by atoms with E-state index in [-0.39, 0.29) is 60.2 Å². The van der Waals surface area contributed by atoms with Gasteiger partial charge in [0.2, 0.25) is 8.32 Å². The average Bonchev–Trinajstić information content (AvgIpc) is 0.677. The van der Waals surface area contributed by atoms with E-state index in [9.17, 15) is 19.5 Å². The number of ketones is 1. The SMILES string of the molecule is CC[Si](CC)(CC)O[C@H]1C[C@H]2OC[C@]23OC(=O)CC/C=C\COc2ccccc2[C@H](NC(=O)c2ccccc2)[C@@H](O[Si](C(C)C)(C(C)C)C(C)C)C(=O)O[C@H]2C[C@@]4(O)[C@@H](OC(=O)c5ccccc5)[C@H]3[C@]1(C)C(=O)[C@H](OC(C)=O)C(=C2C)C4(C)C. The summed E-state index contributed by atoms with van der Waals surface area (Å²) in [4.78, 5) is 91.8. The predicted molar refractivity (Wildman–Crippen MR) is 322 cm³/mol. The number of hydrogen-bond acceptors (Lipinski definition) is 15. The van der Waals surface area contributed by atoms with Crippen LogP contribution in [0.3, 0.4) is 0 Å². The number of fused-ring (bicyclic) bond motifs is 3. The summed E-state index contributed by atoms with van der Waals surface area (Å²) in [5, 5.41) is 17.9. The molecule has 2 saturated carbocycles. The topological polar surface area (TPSA) is 209 Å². The van der Waals surface area contributed by atoms with Gasteiger partial charge in [-0.1, -0.05) is 143 Å². The normalized spacial score (nSPS) is 30.4. The summed E-state index contributed by atoms with van der Waals surface area (Å²) >= 11 is 0. The van der Waals surface area contributed by atoms with Crippen molar-refractivity contribution in [2.45, 2.75) is 211 Å². The molecule has 2 N–H and O–H groups in total. The Morgan fingerprint density at radius 2 is 1.38 bits per heavy atom. The number of carbonyl (C=O) groups excluding carboxylic acids is 6. The quantitative estimate of drug-likeness (QED) is 0.0628. The highest BCUT2D eigenvalue weighted by Gasteiger charge is 2.79. The minimum absolute atomic E-state index is 0.0348. The number of nitrogens with one attached hydrogen (secondary N) is 1. The molecular formula is C66H89NO15Si2. The highest BCUT2D eigenvalue weighted by atomic mass is 28.4. The highest BCUT2D eigenvalue weighted by Crippen LogP contribution is 2.65. The van der Waals surface area contributed by atoms with Gasteiger partial charge in [-0.05, 0) is 96.5 Å². The molecule has 8 rings (SSSR count). The fourth-order valence-corrected chi connectivity index (χ4v) is 23.5. The molecule has 456 valence electrons. The number of carbonyl (C=O) groups is 6. The summed E-state index contributed by atoms with van der Waals surface area (Å²) in [6, 6.07) is 24.8. The van der Waals surface area contributed by atoms with Crippen LogP contribution in [-0.4, -0.2) is 118 Å². The molecule has 2 heterocycles. The molecule has 3 aliphatic carbocycles. The van der Waals surface area contributed by atoms with Gasteiger partial charge in [-0.25, -0.2) is 9.59 Å². The molecule has 4 bridgehead atoms. The van der Waals surface area contributed by atoms with Crippen molar-refractivity contribution >= 4 is 52.2 Å². The molecule has 3 aromatic rings. The lowest BCUT2D eigenvalue weighted by Crippen LogP contribution is -2.82. The maximum atomic E-state index is 16.9. The first-order chi connectivity index (χ1) is 39.7. The van der Waals surface area contributed by atoms with Gasteiger partial charge < -0.3 is 47.7 Å². The lowest BCUT2D eigenvalue weighted by atomic mass is 9.44. The molecule has 1 spiro atoms. The standard InChI is InChI=1S/C66H89NO15Si2/c1-15-83(16-2,17-3)81-50-37-51-65(39-76-51)57-59(79-61(72)46-31-23-19-24-32-46)66(74)38-49(43(10)53(63(66,12)13)55(77-44(11)68)58(70)64(50,57)14)78-62(73)56(82-84(40(4)5,41(6)7)42(8)9)54(67-60(71)45-29-21-18-22-30-45)47-33-26-27-34-48(47)75-36-28-20-25-35-52(69)80-65/h18-24,26-34,40-42,49-51,54-57,59,74H,15-17,25,35-39H2,1-14H3,(H,67,71)/b28-20-/t49-,50-,51+,54-,55+,56+,57-,59-,64+,65-,66+/m0/s1. The van der Waals surface area contributed by atoms with Gasteiger partial charge in [0.15, 0.2) is 31.9 Å². The zero-order valence-corrected chi connectivity index (χ0v) is 53.6. The molecule has 84 heavy (non-hydrogen) atoms. The van der Waals surface area contributed by atoms with E-state index in [1.54, 1.807) is 125 Å². The number of benzene rings is 3. The van der Waals surface area contributed by atoms with Crippen molar-refractivity contribution in [2.75, 3.05) is 13.2 Å². The van der Waals surface area contributed by atoms with Crippen LogP contribution in [0.15, 0.2) is 108 Å². The number of ether oxygens (including phenoxy) is 6. The van der Waals surface area contributed by atoms with Gasteiger partial charge in [-0.2, -0.15) is 0 Å². The van der Waals surface area contributed by atoms with E-state index in [2.05, 4.69) is 67.6 Å². The summed E-state index contributed by atoms with van der Waals surface area (Å²) < 4.78 is 55.2. The van der Waals surface area contributed by atoms with E-state index in [0.29, 0.717) is 40.6 Å². The van der Waals surface area contributed by atoms with Crippen molar-refractivity contribution in [3.05, 3.63) is 125 Å². The van der Waals surface area contributed by atoms with Crippen LogP contribution in [0.25, 0.3) is 0 Å². The number of Topliss-reactive ketones (excluding diaryl/α,β-unsaturated/α-hetero) is 1. The van der Waals surface area contributed by atoms with E-state index in [1.165, 1.54) is 6.92 Å². The molecule has 3 aromatic carbocycles. The molecule has 1 saturated heterocycles. The van der Waals surface area contributed by atoms with Gasteiger partial charge in [-0.3, -0.25) is 19.2 Å². The van der Waals surface area contributed by atoms with Crippen molar-refractivity contribution in [3.63, 3.8) is 0 Å². The molecule has 5 aliphatic rings. The zero-order chi connectivity index (χ0) is 61.3. The molecule has 2 aliphatic heterocycles. The Morgan fingerprint density at radius 3 is 1.95 bits per heavy atom. The molecule has 3 fully saturated rings. The van der Waals surface area contributed by atoms with Crippen LogP contribution in [0, 0.1) is 16.7 Å². The Balaban J connectivity index is 1.45. The molecular weight excluding hydrogens is 1100 g/mol. The van der Waals surface area contributed by atoms with Gasteiger partial charge in [0, 0.05) is 42.7 Å². The summed E-state index contributed by atoms with van der Waals surface area (Å²) in [6.45, 7) is 26.5. The molecule has 1 amide bonds. The zero-order valence-electron chi connectivity index (χ0n) is 51.6. The third kappa shape index (κ3) is 11.4. The second kappa shape index (κ2) is 25.3. The van der Waals surface area contributed by atoms with Crippen LogP contribution in [-0.2, 0) is 51.7 Å². The van der Waals surface area contributed by atoms with Crippen LogP contribution in [0.5, 0.6) is 5.75 Å². The number of hydrogen-bond donors (Lipinski definition) is 2. The first-order valence-electron chi connectivity index (χ1n) is 30.3. The minimum Gasteiger partial charge on any atom is -0.489 e. The molecule has 0 unspecified atom stereocenters. The van der Waals surface area contributed by atoms with E-state index in [4.69, 9.17) is 37.3 Å². The van der Waals surface area contributed by atoms with Gasteiger partial charge >= 0.3 is 23.9 Å². The molecule has 0 aromatic heterocycles. The Morgan fingerprint density at radius 1 is 0.786 bits per heavy atom. The van der Waals surface area contributed by atoms with Crippen LogP contribution < -0.4 is 10.1 Å². The number of aliphatic hydroxyl groups is 1. The van der Waals surface area contributed by atoms with Gasteiger partial charge in [0.1, 0.15) is 36.3 Å². The summed E-state index contributed by atoms with van der Waals surface area (Å²) in [5.74, 6) is -5.46. The summed E-state index contributed by atoms with van der Waals surface area (Å²) in [5.41, 5.74) is -6.58. The number of para-hydroxylation sites is 1. The summed E-state index contributed by atoms with van der Waals surface area (Å²) in [6.07, 6.45) is -5.22. The Hall–Kier alpha value is -5.77. The second-order valence-electron chi connectivity index (χ2n) is 25.4. The summed E-state index contributed by atoms with van der Waals surface area (Å²) in [7, 11) is -5.86. The molecule has 0 radical (unpaired) electrons. The van der Waals surface area contributed by atoms with E-state index < -0.39 is 129 Å². The van der Waals surface area contributed by atoms with E-state index >= 15 is 14.4 Å². The first kappa shape index (κ1) is 64.2. The van der Waals surface area contributed by atoms with Gasteiger partial charge in [-0.15, -0.1) is 0 Å². The van der Waals surface area contributed by atoms with Crippen molar-refractivity contribution < 1.29 is 71.1 Å². The Bertz CT molecular complexity index is 2950. The van der Waals surface area contributed by atoms with E-state index in [0.717, 1.165) is 0 Å². The predicted octanol–water partition coefficient (Wildman–Crippen LogP) is 11.7. The maximum absolute atomic E-state index is 16.9. The monoisotopic (exact) mass is 1190 g/mol. The lowest BCUT2D eigenvalue weighted by Gasteiger charge is -2.68. The van der Waals surface area contributed by atoms with Crippen molar-refractivity contribution in [2.24, 2.45) is 16.7 Å². The van der Waals surface area contributed by atoms with Gasteiger partial charge in [0.25, 0.3) is 5.91 Å². The van der Waals surface area contributed by atoms with Crippen LogP contribution >= 0.6 is 0 Å². The number of esters is 4. The smallest absolute Gasteiger partial charge is 0.338 e. The Kier molecular flexibility index (Phi) is 19.3. The van der Waals surface area contributed by atoms with Crippen molar-refractivity contribution in [3.8, 4) is 5.75 Å². The van der Waals surface area contributed by atoms with Crippen LogP contribution in [0.1, 0.15) is 155 Å². The first-order valence-corrected chi connectivity index (χ1v) is 34.9. The minimum atomic E-state index is -3.16. The largest absolute Gasteiger partial charge is 0.489 e.